The highest BCUT2D eigenvalue weighted by Gasteiger charge is 2.21. The molecule has 1 aliphatic rings. The Bertz CT molecular complexity index is 1030. The molecule has 0 spiro atoms. The molecule has 4 rings (SSSR count). The Morgan fingerprint density at radius 2 is 1.97 bits per heavy atom. The van der Waals surface area contributed by atoms with Gasteiger partial charge in [-0.2, -0.15) is 5.10 Å². The number of fused-ring (bicyclic) bond motifs is 1. The second kappa shape index (κ2) is 8.37. The van der Waals surface area contributed by atoms with Crippen LogP contribution in [0.15, 0.2) is 30.9 Å². The number of amides is 1. The molecule has 0 unspecified atom stereocenters. The Morgan fingerprint density at radius 1 is 1.17 bits per heavy atom. The van der Waals surface area contributed by atoms with Gasteiger partial charge in [-0.1, -0.05) is 30.9 Å². The first-order valence-corrected chi connectivity index (χ1v) is 10.5. The minimum absolute atomic E-state index is 0.0797. The van der Waals surface area contributed by atoms with Crippen molar-refractivity contribution in [2.45, 2.75) is 58.0 Å². The molecular weight excluding hydrogens is 388 g/mol. The maximum atomic E-state index is 12.9. The predicted octanol–water partition coefficient (Wildman–Crippen LogP) is 4.33. The standard InChI is InChI=1S/C21H25ClN6O/c1-13(2)26-19-8-18(16-11-25-28-12-14(22)9-24-20(16)28)23-10-17(19)21(29)27-15-6-4-3-5-7-15/h8-13,15H,3-7H2,1-2H3,(H,23,26)(H,27,29). The number of halogens is 1. The number of carbonyl (C=O) groups excluding carboxylic acids is 1. The maximum absolute atomic E-state index is 12.9. The quantitative estimate of drug-likeness (QED) is 0.651. The minimum atomic E-state index is -0.0797. The molecule has 0 bridgehead atoms. The monoisotopic (exact) mass is 412 g/mol. The van der Waals surface area contributed by atoms with Gasteiger partial charge in [0.25, 0.3) is 5.91 Å². The Balaban J connectivity index is 1.67. The van der Waals surface area contributed by atoms with Crippen molar-refractivity contribution < 1.29 is 4.79 Å². The van der Waals surface area contributed by atoms with Gasteiger partial charge in [-0.05, 0) is 32.8 Å². The number of anilines is 1. The van der Waals surface area contributed by atoms with E-state index in [0.29, 0.717) is 21.9 Å². The lowest BCUT2D eigenvalue weighted by atomic mass is 9.95. The van der Waals surface area contributed by atoms with Crippen molar-refractivity contribution in [2.24, 2.45) is 0 Å². The van der Waals surface area contributed by atoms with Gasteiger partial charge in [0.1, 0.15) is 0 Å². The molecule has 8 heteroatoms. The third-order valence-electron chi connectivity index (χ3n) is 5.13. The van der Waals surface area contributed by atoms with E-state index in [1.807, 2.05) is 19.9 Å². The summed E-state index contributed by atoms with van der Waals surface area (Å²) >= 11 is 6.00. The van der Waals surface area contributed by atoms with Crippen LogP contribution in [0, 0.1) is 0 Å². The lowest BCUT2D eigenvalue weighted by Crippen LogP contribution is -2.36. The van der Waals surface area contributed by atoms with Gasteiger partial charge in [0.2, 0.25) is 0 Å². The molecule has 152 valence electrons. The van der Waals surface area contributed by atoms with E-state index >= 15 is 0 Å². The zero-order valence-corrected chi connectivity index (χ0v) is 17.4. The van der Waals surface area contributed by atoms with Crippen molar-refractivity contribution in [1.82, 2.24) is 24.9 Å². The van der Waals surface area contributed by atoms with E-state index in [1.165, 1.54) is 19.3 Å². The molecule has 0 saturated heterocycles. The van der Waals surface area contributed by atoms with E-state index < -0.39 is 0 Å². The first-order valence-electron chi connectivity index (χ1n) is 10.1. The highest BCUT2D eigenvalue weighted by molar-refractivity contribution is 6.30. The minimum Gasteiger partial charge on any atom is -0.382 e. The van der Waals surface area contributed by atoms with Crippen LogP contribution in [-0.2, 0) is 0 Å². The topological polar surface area (TPSA) is 84.2 Å². The SMILES string of the molecule is CC(C)Nc1cc(-c2cnn3cc(Cl)cnc23)ncc1C(=O)NC1CCCCC1. The summed E-state index contributed by atoms with van der Waals surface area (Å²) in [5, 5.41) is 11.4. The molecule has 0 aromatic carbocycles. The van der Waals surface area contributed by atoms with Gasteiger partial charge >= 0.3 is 0 Å². The van der Waals surface area contributed by atoms with Crippen LogP contribution in [0.5, 0.6) is 0 Å². The zero-order valence-electron chi connectivity index (χ0n) is 16.7. The summed E-state index contributed by atoms with van der Waals surface area (Å²) in [6.45, 7) is 4.09. The summed E-state index contributed by atoms with van der Waals surface area (Å²) in [6, 6.07) is 2.31. The number of pyridine rings is 1. The fraction of sp³-hybridized carbons (Fsp3) is 0.429. The Morgan fingerprint density at radius 3 is 2.72 bits per heavy atom. The van der Waals surface area contributed by atoms with Crippen LogP contribution in [0.1, 0.15) is 56.3 Å². The number of nitrogens with zero attached hydrogens (tertiary/aromatic N) is 4. The Kier molecular flexibility index (Phi) is 5.67. The van der Waals surface area contributed by atoms with Gasteiger partial charge in [-0.25, -0.2) is 9.50 Å². The summed E-state index contributed by atoms with van der Waals surface area (Å²) in [7, 11) is 0. The fourth-order valence-electron chi connectivity index (χ4n) is 3.76. The molecule has 3 aromatic rings. The molecule has 0 radical (unpaired) electrons. The van der Waals surface area contributed by atoms with Crippen LogP contribution in [0.2, 0.25) is 5.02 Å². The van der Waals surface area contributed by atoms with Crippen molar-refractivity contribution in [3.05, 3.63) is 41.4 Å². The molecule has 2 N–H and O–H groups in total. The second-order valence-electron chi connectivity index (χ2n) is 7.82. The average Bonchev–Trinajstić information content (AvgIpc) is 3.11. The van der Waals surface area contributed by atoms with Crippen LogP contribution in [0.25, 0.3) is 16.9 Å². The van der Waals surface area contributed by atoms with Crippen molar-refractivity contribution in [2.75, 3.05) is 5.32 Å². The summed E-state index contributed by atoms with van der Waals surface area (Å²) in [4.78, 5) is 21.8. The van der Waals surface area contributed by atoms with Crippen molar-refractivity contribution in [3.63, 3.8) is 0 Å². The largest absolute Gasteiger partial charge is 0.382 e. The van der Waals surface area contributed by atoms with Crippen LogP contribution in [-0.4, -0.2) is 37.6 Å². The zero-order chi connectivity index (χ0) is 20.4. The maximum Gasteiger partial charge on any atom is 0.255 e. The second-order valence-corrected chi connectivity index (χ2v) is 8.26. The van der Waals surface area contributed by atoms with E-state index in [0.717, 1.165) is 24.1 Å². The van der Waals surface area contributed by atoms with Gasteiger partial charge in [0.15, 0.2) is 5.65 Å². The van der Waals surface area contributed by atoms with E-state index in [9.17, 15) is 4.79 Å². The van der Waals surface area contributed by atoms with Gasteiger partial charge in [-0.3, -0.25) is 9.78 Å². The summed E-state index contributed by atoms with van der Waals surface area (Å²) in [5.41, 5.74) is 3.46. The third kappa shape index (κ3) is 4.34. The molecule has 3 aromatic heterocycles. The number of rotatable bonds is 5. The first kappa shape index (κ1) is 19.6. The third-order valence-corrected chi connectivity index (χ3v) is 5.33. The molecule has 29 heavy (non-hydrogen) atoms. The van der Waals surface area contributed by atoms with E-state index in [-0.39, 0.29) is 18.0 Å². The Hall–Kier alpha value is -2.67. The number of aromatic nitrogens is 4. The number of carbonyl (C=O) groups is 1. The number of hydrogen-bond acceptors (Lipinski definition) is 5. The summed E-state index contributed by atoms with van der Waals surface area (Å²) in [6.07, 6.45) is 12.3. The molecule has 1 aliphatic carbocycles. The van der Waals surface area contributed by atoms with E-state index in [1.54, 1.807) is 29.3 Å². The van der Waals surface area contributed by atoms with E-state index in [2.05, 4.69) is 25.7 Å². The fourth-order valence-corrected chi connectivity index (χ4v) is 3.90. The lowest BCUT2D eigenvalue weighted by molar-refractivity contribution is 0.0928. The molecule has 0 atom stereocenters. The van der Waals surface area contributed by atoms with Crippen LogP contribution < -0.4 is 10.6 Å². The van der Waals surface area contributed by atoms with Gasteiger partial charge in [-0.15, -0.1) is 0 Å². The summed E-state index contributed by atoms with van der Waals surface area (Å²) < 4.78 is 1.62. The molecule has 1 saturated carbocycles. The van der Waals surface area contributed by atoms with Gasteiger partial charge < -0.3 is 10.6 Å². The molecule has 3 heterocycles. The molecule has 7 nitrogen and oxygen atoms in total. The van der Waals surface area contributed by atoms with Crippen LogP contribution >= 0.6 is 11.6 Å². The number of nitrogens with one attached hydrogen (secondary N) is 2. The molecule has 1 fully saturated rings. The highest BCUT2D eigenvalue weighted by Crippen LogP contribution is 2.27. The lowest BCUT2D eigenvalue weighted by Gasteiger charge is -2.23. The smallest absolute Gasteiger partial charge is 0.255 e. The highest BCUT2D eigenvalue weighted by atomic mass is 35.5. The van der Waals surface area contributed by atoms with Crippen molar-refractivity contribution in [3.8, 4) is 11.3 Å². The number of hydrogen-bond donors (Lipinski definition) is 2. The predicted molar refractivity (Wildman–Crippen MR) is 114 cm³/mol. The van der Waals surface area contributed by atoms with Gasteiger partial charge in [0.05, 0.1) is 39.9 Å². The molecule has 0 aliphatic heterocycles. The molecule has 1 amide bonds. The Labute approximate surface area is 174 Å². The van der Waals surface area contributed by atoms with Crippen molar-refractivity contribution >= 4 is 28.8 Å². The normalized spacial score (nSPS) is 15.0. The van der Waals surface area contributed by atoms with Gasteiger partial charge in [0, 0.05) is 24.5 Å². The first-order chi connectivity index (χ1) is 14.0. The average molecular weight is 413 g/mol. The summed E-state index contributed by atoms with van der Waals surface area (Å²) in [5.74, 6) is -0.0797. The van der Waals surface area contributed by atoms with E-state index in [4.69, 9.17) is 11.6 Å². The van der Waals surface area contributed by atoms with Crippen LogP contribution in [0.4, 0.5) is 5.69 Å². The van der Waals surface area contributed by atoms with Crippen molar-refractivity contribution in [1.29, 1.82) is 0 Å². The van der Waals surface area contributed by atoms with Crippen LogP contribution in [0.3, 0.4) is 0 Å². The molecular formula is C21H25ClN6O.